The maximum absolute atomic E-state index is 13.3. The van der Waals surface area contributed by atoms with E-state index in [1.54, 1.807) is 24.3 Å². The van der Waals surface area contributed by atoms with Gasteiger partial charge in [0.15, 0.2) is 0 Å². The second kappa shape index (κ2) is 8.90. The quantitative estimate of drug-likeness (QED) is 0.567. The Bertz CT molecular complexity index is 1160. The van der Waals surface area contributed by atoms with Crippen molar-refractivity contribution < 1.29 is 23.9 Å². The monoisotopic (exact) mass is 462 g/mol. The number of carbonyl (C=O) groups is 4. The van der Waals surface area contributed by atoms with Gasteiger partial charge in [-0.3, -0.25) is 19.3 Å². The lowest BCUT2D eigenvalue weighted by atomic mass is 9.92. The Morgan fingerprint density at radius 2 is 1.91 bits per heavy atom. The lowest BCUT2D eigenvalue weighted by molar-refractivity contribution is -0.134. The minimum absolute atomic E-state index is 0.00145. The van der Waals surface area contributed by atoms with Crippen LogP contribution in [0.25, 0.3) is 0 Å². The number of rotatable bonds is 6. The number of ether oxygens (including phenoxy) is 1. The molecule has 0 unspecified atom stereocenters. The molecular formula is C25H26N4O5. The molecule has 2 heterocycles. The zero-order valence-electron chi connectivity index (χ0n) is 18.6. The van der Waals surface area contributed by atoms with Crippen LogP contribution in [0.1, 0.15) is 40.7 Å². The summed E-state index contributed by atoms with van der Waals surface area (Å²) in [6.07, 6.45) is 3.01. The summed E-state index contributed by atoms with van der Waals surface area (Å²) in [5.41, 5.74) is 1.29. The van der Waals surface area contributed by atoms with Gasteiger partial charge in [0.05, 0.1) is 17.4 Å². The van der Waals surface area contributed by atoms with Gasteiger partial charge in [-0.05, 0) is 48.9 Å². The third-order valence-electron chi connectivity index (χ3n) is 6.68. The largest absolute Gasteiger partial charge is 0.376 e. The molecule has 2 fully saturated rings. The average Bonchev–Trinajstić information content (AvgIpc) is 3.55. The average molecular weight is 463 g/mol. The minimum atomic E-state index is -1.12. The molecule has 1 aliphatic carbocycles. The molecule has 2 aliphatic heterocycles. The van der Waals surface area contributed by atoms with E-state index >= 15 is 0 Å². The number of fused-ring (bicyclic) bond motifs is 2. The highest BCUT2D eigenvalue weighted by atomic mass is 16.5. The number of aryl methyl sites for hydroxylation is 1. The molecule has 9 nitrogen and oxygen atoms in total. The highest BCUT2D eigenvalue weighted by Crippen LogP contribution is 2.41. The van der Waals surface area contributed by atoms with Crippen molar-refractivity contribution in [2.45, 2.75) is 37.3 Å². The zero-order valence-corrected chi connectivity index (χ0v) is 18.6. The number of hydrogen-bond acceptors (Lipinski definition) is 5. The SMILES string of the molecule is O=C(CN1C(=O)N[C@]2(CCc3ccccc32)C1=O)Nc1ccccc1C(=O)NC[C@H]1CCCO1. The van der Waals surface area contributed by atoms with Crippen LogP contribution in [-0.2, 0) is 26.3 Å². The van der Waals surface area contributed by atoms with E-state index < -0.39 is 29.9 Å². The first-order valence-electron chi connectivity index (χ1n) is 11.5. The van der Waals surface area contributed by atoms with Crippen molar-refractivity contribution in [3.05, 3.63) is 65.2 Å². The number of hydrogen-bond donors (Lipinski definition) is 3. The van der Waals surface area contributed by atoms with Gasteiger partial charge in [-0.25, -0.2) is 4.79 Å². The van der Waals surface area contributed by atoms with Gasteiger partial charge < -0.3 is 20.7 Å². The van der Waals surface area contributed by atoms with Gasteiger partial charge in [-0.2, -0.15) is 0 Å². The number of nitrogens with one attached hydrogen (secondary N) is 3. The fourth-order valence-electron chi connectivity index (χ4n) is 4.96. The van der Waals surface area contributed by atoms with Gasteiger partial charge in [-0.1, -0.05) is 36.4 Å². The van der Waals surface area contributed by atoms with Crippen LogP contribution in [0.3, 0.4) is 0 Å². The van der Waals surface area contributed by atoms with Gasteiger partial charge in [0.1, 0.15) is 12.1 Å². The third-order valence-corrected chi connectivity index (χ3v) is 6.68. The summed E-state index contributed by atoms with van der Waals surface area (Å²) in [6.45, 7) is 0.649. The normalized spacial score (nSPS) is 23.2. The molecular weight excluding hydrogens is 436 g/mol. The van der Waals surface area contributed by atoms with E-state index in [4.69, 9.17) is 4.74 Å². The van der Waals surface area contributed by atoms with Crippen LogP contribution >= 0.6 is 0 Å². The van der Waals surface area contributed by atoms with E-state index in [1.807, 2.05) is 24.3 Å². The number of benzene rings is 2. The second-order valence-electron chi connectivity index (χ2n) is 8.82. The van der Waals surface area contributed by atoms with Gasteiger partial charge in [0.25, 0.3) is 11.8 Å². The fourth-order valence-corrected chi connectivity index (χ4v) is 4.96. The number of amides is 5. The topological polar surface area (TPSA) is 117 Å². The Labute approximate surface area is 196 Å². The van der Waals surface area contributed by atoms with Crippen LogP contribution in [0.2, 0.25) is 0 Å². The molecule has 5 rings (SSSR count). The molecule has 176 valence electrons. The lowest BCUT2D eigenvalue weighted by Gasteiger charge is -2.22. The summed E-state index contributed by atoms with van der Waals surface area (Å²) in [6, 6.07) is 13.5. The summed E-state index contributed by atoms with van der Waals surface area (Å²) < 4.78 is 5.53. The van der Waals surface area contributed by atoms with Gasteiger partial charge in [-0.15, -0.1) is 0 Å². The van der Waals surface area contributed by atoms with Crippen LogP contribution in [0.15, 0.2) is 48.5 Å². The third kappa shape index (κ3) is 3.92. The highest BCUT2D eigenvalue weighted by molar-refractivity contribution is 6.11. The first-order chi connectivity index (χ1) is 16.5. The van der Waals surface area contributed by atoms with E-state index in [0.29, 0.717) is 37.2 Å². The minimum Gasteiger partial charge on any atom is -0.376 e. The summed E-state index contributed by atoms with van der Waals surface area (Å²) in [5.74, 6) is -1.32. The molecule has 2 atom stereocenters. The fraction of sp³-hybridized carbons (Fsp3) is 0.360. The summed E-state index contributed by atoms with van der Waals surface area (Å²) in [7, 11) is 0. The first kappa shape index (κ1) is 22.1. The molecule has 0 radical (unpaired) electrons. The summed E-state index contributed by atoms with van der Waals surface area (Å²) in [5, 5.41) is 8.33. The Hall–Kier alpha value is -3.72. The van der Waals surface area contributed by atoms with Crippen LogP contribution in [-0.4, -0.2) is 54.5 Å². The van der Waals surface area contributed by atoms with Crippen molar-refractivity contribution in [1.82, 2.24) is 15.5 Å². The van der Waals surface area contributed by atoms with Crippen LogP contribution < -0.4 is 16.0 Å². The van der Waals surface area contributed by atoms with Gasteiger partial charge >= 0.3 is 6.03 Å². The standard InChI is InChI=1S/C25H26N4O5/c30-21(27-20-10-4-2-8-18(20)22(31)26-14-17-7-5-13-34-17)15-29-23(32)25(28-24(29)33)12-11-16-6-1-3-9-19(16)25/h1-4,6,8-10,17H,5,7,11-15H2,(H,26,31)(H,27,30)(H,28,33)/t17-,25+/m1/s1. The zero-order chi connectivity index (χ0) is 23.7. The van der Waals surface area contributed by atoms with Gasteiger partial charge in [0, 0.05) is 13.2 Å². The van der Waals surface area contributed by atoms with E-state index in [1.165, 1.54) is 0 Å². The predicted octanol–water partition coefficient (Wildman–Crippen LogP) is 1.93. The molecule has 34 heavy (non-hydrogen) atoms. The van der Waals surface area contributed by atoms with E-state index in [2.05, 4.69) is 16.0 Å². The molecule has 2 aromatic rings. The Morgan fingerprint density at radius 3 is 2.74 bits per heavy atom. The maximum Gasteiger partial charge on any atom is 0.325 e. The number of anilines is 1. The first-order valence-corrected chi connectivity index (χ1v) is 11.5. The molecule has 0 bridgehead atoms. The smallest absolute Gasteiger partial charge is 0.325 e. The van der Waals surface area contributed by atoms with Crippen molar-refractivity contribution in [3.63, 3.8) is 0 Å². The molecule has 3 N–H and O–H groups in total. The second-order valence-corrected chi connectivity index (χ2v) is 8.82. The number of imide groups is 1. The van der Waals surface area contributed by atoms with Crippen molar-refractivity contribution in [3.8, 4) is 0 Å². The molecule has 2 saturated heterocycles. The van der Waals surface area contributed by atoms with Crippen LogP contribution in [0.4, 0.5) is 10.5 Å². The van der Waals surface area contributed by atoms with E-state index in [-0.39, 0.29) is 12.0 Å². The molecule has 0 saturated carbocycles. The predicted molar refractivity (Wildman–Crippen MR) is 123 cm³/mol. The number of carbonyl (C=O) groups excluding carboxylic acids is 4. The van der Waals surface area contributed by atoms with E-state index in [9.17, 15) is 19.2 Å². The van der Waals surface area contributed by atoms with Crippen molar-refractivity contribution >= 4 is 29.4 Å². The van der Waals surface area contributed by atoms with Crippen LogP contribution in [0, 0.1) is 0 Å². The van der Waals surface area contributed by atoms with Crippen molar-refractivity contribution in [2.24, 2.45) is 0 Å². The molecule has 9 heteroatoms. The van der Waals surface area contributed by atoms with Crippen molar-refractivity contribution in [2.75, 3.05) is 25.0 Å². The molecule has 3 aliphatic rings. The molecule has 2 aromatic carbocycles. The highest BCUT2D eigenvalue weighted by Gasteiger charge is 2.55. The Kier molecular flexibility index (Phi) is 5.79. The molecule has 1 spiro atoms. The summed E-state index contributed by atoms with van der Waals surface area (Å²) >= 11 is 0. The van der Waals surface area contributed by atoms with Crippen molar-refractivity contribution in [1.29, 1.82) is 0 Å². The number of nitrogens with zero attached hydrogens (tertiary/aromatic N) is 1. The Morgan fingerprint density at radius 1 is 1.12 bits per heavy atom. The molecule has 5 amide bonds. The molecule has 0 aromatic heterocycles. The lowest BCUT2D eigenvalue weighted by Crippen LogP contribution is -2.43. The number of urea groups is 1. The van der Waals surface area contributed by atoms with Crippen LogP contribution in [0.5, 0.6) is 0 Å². The van der Waals surface area contributed by atoms with E-state index in [0.717, 1.165) is 28.9 Å². The number of para-hydroxylation sites is 1. The maximum atomic E-state index is 13.3. The van der Waals surface area contributed by atoms with Gasteiger partial charge in [0.2, 0.25) is 5.91 Å². The Balaban J connectivity index is 1.26. The summed E-state index contributed by atoms with van der Waals surface area (Å²) in [4.78, 5) is 52.4.